The van der Waals surface area contributed by atoms with Gasteiger partial charge in [0.05, 0.1) is 26.4 Å². The summed E-state index contributed by atoms with van der Waals surface area (Å²) in [6.07, 6.45) is 1.12. The van der Waals surface area contributed by atoms with Crippen LogP contribution in [0, 0.1) is 41.4 Å². The van der Waals surface area contributed by atoms with Gasteiger partial charge in [0, 0.05) is 31.2 Å². The van der Waals surface area contributed by atoms with Crippen molar-refractivity contribution in [2.24, 2.45) is 17.8 Å². The standard InChI is InChI=1S/C42H70O7Si2/c1-28(2)51(29(3)4,30(5)6)48-37-26-34-25-35(45-13)27-38(46-14)39(34)41(44)47-36(23-18-17-21-31(37)7)33(9)40(32(8)22-19-20-24-43)49-50(15,16)42(10,11)12/h25,27-33,36-37,40,43H,21-24,26H2,1-16H3/t31-,32+,33+,36-,37+,40+/m0/s1. The molecular formula is C42H70O7Si2. The van der Waals surface area contributed by atoms with Crippen LogP contribution in [-0.4, -0.2) is 66.8 Å². The maximum absolute atomic E-state index is 14.6. The number of ether oxygens (including phenoxy) is 3. The number of methoxy groups -OCH3 is 2. The zero-order valence-electron chi connectivity index (χ0n) is 34.8. The van der Waals surface area contributed by atoms with Crippen molar-refractivity contribution in [1.82, 2.24) is 0 Å². The molecule has 0 aliphatic carbocycles. The fraction of sp³-hybridized carbons (Fsp3) is 0.738. The van der Waals surface area contributed by atoms with Gasteiger partial charge >= 0.3 is 5.97 Å². The van der Waals surface area contributed by atoms with E-state index in [0.717, 1.165) is 5.56 Å². The van der Waals surface area contributed by atoms with E-state index in [0.29, 0.717) is 59.4 Å². The molecule has 0 bridgehead atoms. The number of aliphatic hydroxyl groups excluding tert-OH is 1. The van der Waals surface area contributed by atoms with E-state index in [1.807, 2.05) is 6.07 Å². The van der Waals surface area contributed by atoms with Crippen LogP contribution in [0.1, 0.15) is 118 Å². The molecule has 51 heavy (non-hydrogen) atoms. The van der Waals surface area contributed by atoms with Gasteiger partial charge in [0.15, 0.2) is 8.32 Å². The van der Waals surface area contributed by atoms with Gasteiger partial charge in [-0.3, -0.25) is 0 Å². The molecule has 0 saturated carbocycles. The van der Waals surface area contributed by atoms with Crippen LogP contribution in [0.25, 0.3) is 0 Å². The molecule has 7 nitrogen and oxygen atoms in total. The van der Waals surface area contributed by atoms with Crippen LogP contribution in [0.15, 0.2) is 12.1 Å². The van der Waals surface area contributed by atoms with Crippen molar-refractivity contribution in [1.29, 1.82) is 0 Å². The third-order valence-corrected chi connectivity index (χ3v) is 22.2. The van der Waals surface area contributed by atoms with Gasteiger partial charge in [-0.2, -0.15) is 0 Å². The zero-order chi connectivity index (χ0) is 38.9. The summed E-state index contributed by atoms with van der Waals surface area (Å²) < 4.78 is 32.7. The van der Waals surface area contributed by atoms with Crippen LogP contribution in [0.5, 0.6) is 11.5 Å². The number of aliphatic hydroxyl groups is 1. The van der Waals surface area contributed by atoms with Gasteiger partial charge < -0.3 is 28.2 Å². The van der Waals surface area contributed by atoms with Gasteiger partial charge in [-0.15, -0.1) is 11.8 Å². The van der Waals surface area contributed by atoms with Crippen molar-refractivity contribution >= 4 is 22.6 Å². The highest BCUT2D eigenvalue weighted by Crippen LogP contribution is 2.45. The number of carbonyl (C=O) groups excluding carboxylic acids is 1. The smallest absolute Gasteiger partial charge is 0.342 e. The molecule has 1 heterocycles. The number of fused-ring (bicyclic) bond motifs is 1. The molecule has 0 unspecified atom stereocenters. The summed E-state index contributed by atoms with van der Waals surface area (Å²) in [5, 5.41) is 9.31. The topological polar surface area (TPSA) is 83.5 Å². The molecule has 9 heteroatoms. The second-order valence-corrected chi connectivity index (χ2v) is 27.3. The number of benzene rings is 1. The lowest BCUT2D eigenvalue weighted by molar-refractivity contribution is -0.0215. The average Bonchev–Trinajstić information content (AvgIpc) is 3.04. The van der Waals surface area contributed by atoms with E-state index in [2.05, 4.69) is 120 Å². The van der Waals surface area contributed by atoms with Crippen LogP contribution in [0.3, 0.4) is 0 Å². The third kappa shape index (κ3) is 11.1. The predicted octanol–water partition coefficient (Wildman–Crippen LogP) is 9.81. The lowest BCUT2D eigenvalue weighted by Crippen LogP contribution is -2.51. The highest BCUT2D eigenvalue weighted by molar-refractivity contribution is 6.77. The van der Waals surface area contributed by atoms with Gasteiger partial charge in [-0.05, 0) is 64.6 Å². The molecule has 0 aromatic heterocycles. The van der Waals surface area contributed by atoms with Crippen molar-refractivity contribution in [3.05, 3.63) is 23.3 Å². The Labute approximate surface area is 313 Å². The number of rotatable bonds is 13. The van der Waals surface area contributed by atoms with Crippen molar-refractivity contribution < 1.29 is 33.0 Å². The van der Waals surface area contributed by atoms with Crippen molar-refractivity contribution in [2.45, 2.75) is 162 Å². The first-order valence-electron chi connectivity index (χ1n) is 19.0. The first kappa shape index (κ1) is 44.9. The van der Waals surface area contributed by atoms with Crippen molar-refractivity contribution in [3.63, 3.8) is 0 Å². The zero-order valence-corrected chi connectivity index (χ0v) is 36.8. The average molecular weight is 743 g/mol. The normalized spacial score (nSPS) is 20.9. The lowest BCUT2D eigenvalue weighted by atomic mass is 9.86. The molecule has 0 radical (unpaired) electrons. The summed E-state index contributed by atoms with van der Waals surface area (Å²) >= 11 is 0. The Hall–Kier alpha value is -2.28. The van der Waals surface area contributed by atoms with Crippen LogP contribution < -0.4 is 9.47 Å². The molecule has 0 fully saturated rings. The molecule has 1 aliphatic rings. The molecular weight excluding hydrogens is 673 g/mol. The van der Waals surface area contributed by atoms with E-state index in [1.165, 1.54) is 0 Å². The first-order valence-corrected chi connectivity index (χ1v) is 24.1. The summed E-state index contributed by atoms with van der Waals surface area (Å²) in [5.74, 6) is 13.3. The Morgan fingerprint density at radius 3 is 2.04 bits per heavy atom. The summed E-state index contributed by atoms with van der Waals surface area (Å²) in [4.78, 5) is 14.6. The molecule has 0 amide bonds. The predicted molar refractivity (Wildman–Crippen MR) is 214 cm³/mol. The first-order chi connectivity index (χ1) is 23.7. The highest BCUT2D eigenvalue weighted by Gasteiger charge is 2.48. The second kappa shape index (κ2) is 19.2. The fourth-order valence-electron chi connectivity index (χ4n) is 7.51. The Morgan fingerprint density at radius 2 is 1.53 bits per heavy atom. The molecule has 2 rings (SSSR count). The van der Waals surface area contributed by atoms with Gasteiger partial charge in [-0.1, -0.05) is 94.9 Å². The molecule has 288 valence electrons. The Kier molecular flexibility index (Phi) is 16.9. The summed E-state index contributed by atoms with van der Waals surface area (Å²) in [5.41, 5.74) is 2.40. The largest absolute Gasteiger partial charge is 0.497 e. The van der Waals surface area contributed by atoms with Crippen LogP contribution in [0.4, 0.5) is 0 Å². The minimum Gasteiger partial charge on any atom is -0.497 e. The third-order valence-electron chi connectivity index (χ3n) is 11.6. The van der Waals surface area contributed by atoms with E-state index in [4.69, 9.17) is 23.1 Å². The minimum absolute atomic E-state index is 0.0221. The Morgan fingerprint density at radius 1 is 0.941 bits per heavy atom. The van der Waals surface area contributed by atoms with Crippen LogP contribution in [0.2, 0.25) is 34.8 Å². The molecule has 0 spiro atoms. The summed E-state index contributed by atoms with van der Waals surface area (Å²) in [6.45, 7) is 31.2. The Bertz CT molecular complexity index is 1380. The molecule has 1 aromatic rings. The van der Waals surface area contributed by atoms with Crippen molar-refractivity contribution in [2.75, 3.05) is 20.8 Å². The number of carbonyl (C=O) groups is 1. The quantitative estimate of drug-likeness (QED) is 0.122. The van der Waals surface area contributed by atoms with Crippen LogP contribution >= 0.6 is 0 Å². The van der Waals surface area contributed by atoms with E-state index < -0.39 is 28.7 Å². The van der Waals surface area contributed by atoms with Crippen LogP contribution in [-0.2, 0) is 20.0 Å². The fourth-order valence-corrected chi connectivity index (χ4v) is 14.6. The molecule has 1 aromatic carbocycles. The van der Waals surface area contributed by atoms with E-state index in [9.17, 15) is 9.90 Å². The van der Waals surface area contributed by atoms with E-state index in [-0.39, 0.29) is 41.6 Å². The molecule has 0 saturated heterocycles. The molecule has 6 atom stereocenters. The summed E-state index contributed by atoms with van der Waals surface area (Å²) in [6, 6.07) is 3.69. The van der Waals surface area contributed by atoms with Crippen molar-refractivity contribution in [3.8, 4) is 35.2 Å². The van der Waals surface area contributed by atoms with E-state index in [1.54, 1.807) is 20.3 Å². The maximum atomic E-state index is 14.6. The SMILES string of the molecule is COc1cc2c(c(OC)c1)C(=O)O[C@H]([C@@H](C)[C@H](O[Si](C)(C)C(C)(C)C)[C@H](C)CC#CCO)CC#CC[C@H](C)[C@H](O[Si](C(C)C)(C(C)C)C(C)C)C2. The minimum atomic E-state index is -2.29. The molecule has 1 N–H and O–H groups in total. The lowest BCUT2D eigenvalue weighted by Gasteiger charge is -2.46. The highest BCUT2D eigenvalue weighted by atomic mass is 28.4. The number of cyclic esters (lactones) is 1. The number of hydrogen-bond acceptors (Lipinski definition) is 7. The summed E-state index contributed by atoms with van der Waals surface area (Å²) in [7, 11) is -1.32. The monoisotopic (exact) mass is 742 g/mol. The number of hydrogen-bond donors (Lipinski definition) is 1. The van der Waals surface area contributed by atoms with Gasteiger partial charge in [0.1, 0.15) is 29.8 Å². The van der Waals surface area contributed by atoms with Gasteiger partial charge in [0.2, 0.25) is 8.32 Å². The van der Waals surface area contributed by atoms with Gasteiger partial charge in [0.25, 0.3) is 0 Å². The van der Waals surface area contributed by atoms with E-state index >= 15 is 0 Å². The Balaban J connectivity index is 2.76. The maximum Gasteiger partial charge on any atom is 0.342 e. The van der Waals surface area contributed by atoms with Gasteiger partial charge in [-0.25, -0.2) is 4.79 Å². The number of esters is 1. The molecule has 1 aliphatic heterocycles. The second-order valence-electron chi connectivity index (χ2n) is 17.1.